The molecule has 0 fully saturated rings. The quantitative estimate of drug-likeness (QED) is 0.0991. The molecule has 1 aromatic heterocycles. The molecule has 0 bridgehead atoms. The van der Waals surface area contributed by atoms with E-state index in [2.05, 4.69) is 36.9 Å². The topological polar surface area (TPSA) is 100 Å². The summed E-state index contributed by atoms with van der Waals surface area (Å²) >= 11 is 12.4. The van der Waals surface area contributed by atoms with Crippen LogP contribution in [0.3, 0.4) is 0 Å². The summed E-state index contributed by atoms with van der Waals surface area (Å²) < 4.78 is 0.893. The molecule has 0 saturated carbocycles. The minimum Gasteiger partial charge on any atom is -0.321 e. The third-order valence-corrected chi connectivity index (χ3v) is 9.08. The van der Waals surface area contributed by atoms with Gasteiger partial charge in [-0.05, 0) is 67.1 Å². The molecule has 7 nitrogen and oxygen atoms in total. The van der Waals surface area contributed by atoms with Crippen LogP contribution in [0, 0.1) is 0 Å². The van der Waals surface area contributed by atoms with E-state index in [9.17, 15) is 14.4 Å². The second-order valence-corrected chi connectivity index (χ2v) is 13.3. The van der Waals surface area contributed by atoms with E-state index in [0.717, 1.165) is 20.5 Å². The highest BCUT2D eigenvalue weighted by Gasteiger charge is 2.19. The maximum Gasteiger partial charge on any atom is 0.272 e. The first-order valence-electron chi connectivity index (χ1n) is 13.7. The summed E-state index contributed by atoms with van der Waals surface area (Å²) in [6.07, 6.45) is 1.61. The lowest BCUT2D eigenvalue weighted by Gasteiger charge is -2.13. The summed E-state index contributed by atoms with van der Waals surface area (Å²) in [5, 5.41) is 11.0. The van der Waals surface area contributed by atoms with E-state index in [1.165, 1.54) is 23.1 Å². The number of nitrogens with zero attached hydrogens (tertiary/aromatic N) is 1. The van der Waals surface area contributed by atoms with Gasteiger partial charge < -0.3 is 16.0 Å². The zero-order valence-corrected chi connectivity index (χ0v) is 27.8. The Hall–Kier alpha value is -4.22. The number of halogens is 2. The number of carbonyl (C=O) groups is 3. The normalized spacial score (nSPS) is 11.8. The van der Waals surface area contributed by atoms with Crippen LogP contribution < -0.4 is 16.0 Å². The predicted octanol–water partition coefficient (Wildman–Crippen LogP) is 8.75. The SMILES string of the molecule is CC(Sc1cccc(NC(=O)/C(=C/c2ccc(Br)cc2)NC(=O)c2ccccc2)c1)C(=O)Nc1nc(-c2ccccc2Cl)cs1. The number of benzene rings is 4. The molecule has 3 amide bonds. The molecule has 11 heteroatoms. The Morgan fingerprint density at radius 2 is 1.64 bits per heavy atom. The van der Waals surface area contributed by atoms with Crippen molar-refractivity contribution in [3.63, 3.8) is 0 Å². The molecule has 1 unspecified atom stereocenters. The third-order valence-electron chi connectivity index (χ3n) is 6.37. The lowest BCUT2D eigenvalue weighted by atomic mass is 10.1. The zero-order valence-electron chi connectivity index (χ0n) is 23.8. The predicted molar refractivity (Wildman–Crippen MR) is 188 cm³/mol. The second kappa shape index (κ2) is 15.2. The Labute approximate surface area is 282 Å². The molecule has 0 spiro atoms. The molecular formula is C34H26BrClN4O3S2. The Morgan fingerprint density at radius 1 is 0.911 bits per heavy atom. The minimum atomic E-state index is -0.492. The Morgan fingerprint density at radius 3 is 2.40 bits per heavy atom. The zero-order chi connectivity index (χ0) is 31.8. The molecule has 4 aromatic carbocycles. The van der Waals surface area contributed by atoms with Crippen LogP contribution in [0.2, 0.25) is 5.02 Å². The van der Waals surface area contributed by atoms with Crippen LogP contribution in [-0.4, -0.2) is 28.0 Å². The lowest BCUT2D eigenvalue weighted by Crippen LogP contribution is -2.30. The Balaban J connectivity index is 1.25. The molecule has 1 heterocycles. The number of aromatic nitrogens is 1. The van der Waals surface area contributed by atoms with Crippen molar-refractivity contribution in [1.29, 1.82) is 0 Å². The fraction of sp³-hybridized carbons (Fsp3) is 0.0588. The van der Waals surface area contributed by atoms with Gasteiger partial charge in [-0.2, -0.15) is 0 Å². The van der Waals surface area contributed by atoms with Crippen LogP contribution in [0.1, 0.15) is 22.8 Å². The summed E-state index contributed by atoms with van der Waals surface area (Å²) in [4.78, 5) is 44.6. The van der Waals surface area contributed by atoms with Crippen LogP contribution >= 0.6 is 50.6 Å². The molecule has 0 saturated heterocycles. The highest BCUT2D eigenvalue weighted by Crippen LogP contribution is 2.31. The molecule has 226 valence electrons. The summed E-state index contributed by atoms with van der Waals surface area (Å²) in [6.45, 7) is 1.80. The van der Waals surface area contributed by atoms with Crippen LogP contribution in [-0.2, 0) is 9.59 Å². The number of hydrogen-bond acceptors (Lipinski definition) is 6. The van der Waals surface area contributed by atoms with Gasteiger partial charge in [0.2, 0.25) is 5.91 Å². The first kappa shape index (κ1) is 32.2. The summed E-state index contributed by atoms with van der Waals surface area (Å²) in [5.41, 5.74) is 3.24. The lowest BCUT2D eigenvalue weighted by molar-refractivity contribution is -0.115. The first-order chi connectivity index (χ1) is 21.7. The molecule has 0 radical (unpaired) electrons. The number of thioether (sulfide) groups is 1. The van der Waals surface area contributed by atoms with E-state index in [1.54, 1.807) is 61.5 Å². The van der Waals surface area contributed by atoms with Gasteiger partial charge in [-0.15, -0.1) is 23.1 Å². The van der Waals surface area contributed by atoms with E-state index in [-0.39, 0.29) is 11.6 Å². The van der Waals surface area contributed by atoms with Gasteiger partial charge in [0.05, 0.1) is 10.9 Å². The van der Waals surface area contributed by atoms with E-state index in [4.69, 9.17) is 11.6 Å². The van der Waals surface area contributed by atoms with Gasteiger partial charge in [-0.1, -0.05) is 82.1 Å². The number of carbonyl (C=O) groups excluding carboxylic acids is 3. The van der Waals surface area contributed by atoms with Gasteiger partial charge in [-0.3, -0.25) is 14.4 Å². The monoisotopic (exact) mass is 716 g/mol. The molecule has 3 N–H and O–H groups in total. The van der Waals surface area contributed by atoms with Gasteiger partial charge in [0.15, 0.2) is 5.13 Å². The fourth-order valence-corrected chi connectivity index (χ4v) is 6.24. The number of nitrogens with one attached hydrogen (secondary N) is 3. The number of anilines is 2. The van der Waals surface area contributed by atoms with E-state index >= 15 is 0 Å². The van der Waals surface area contributed by atoms with Gasteiger partial charge in [0.1, 0.15) is 5.70 Å². The second-order valence-electron chi connectivity index (χ2n) is 9.68. The smallest absolute Gasteiger partial charge is 0.272 e. The number of thiazole rings is 1. The number of amides is 3. The fourth-order valence-electron chi connectivity index (χ4n) is 4.10. The van der Waals surface area contributed by atoms with Crippen molar-refractivity contribution >= 4 is 85.2 Å². The molecule has 5 aromatic rings. The van der Waals surface area contributed by atoms with Crippen LogP contribution in [0.4, 0.5) is 10.8 Å². The van der Waals surface area contributed by atoms with Gasteiger partial charge in [0, 0.05) is 36.6 Å². The van der Waals surface area contributed by atoms with E-state index < -0.39 is 17.1 Å². The highest BCUT2D eigenvalue weighted by molar-refractivity contribution is 9.10. The maximum absolute atomic E-state index is 13.4. The van der Waals surface area contributed by atoms with Crippen molar-refractivity contribution in [3.8, 4) is 11.3 Å². The molecule has 0 aliphatic rings. The molecule has 0 aliphatic heterocycles. The molecule has 45 heavy (non-hydrogen) atoms. The minimum absolute atomic E-state index is 0.0802. The van der Waals surface area contributed by atoms with E-state index in [1.807, 2.05) is 60.0 Å². The van der Waals surface area contributed by atoms with Crippen molar-refractivity contribution < 1.29 is 14.4 Å². The van der Waals surface area contributed by atoms with Crippen LogP contribution in [0.25, 0.3) is 17.3 Å². The standard InChI is InChI=1S/C34H26BrClN4O3S2/c1-21(31(41)40-34-39-30(20-44-34)27-12-5-6-13-28(27)36)45-26-11-7-10-25(19-26)37-33(43)29(18-22-14-16-24(35)17-15-22)38-32(42)23-8-3-2-4-9-23/h2-21H,1H3,(H,37,43)(H,38,42)(H,39,40,41)/b29-18-. The van der Waals surface area contributed by atoms with Crippen LogP contribution in [0.5, 0.6) is 0 Å². The van der Waals surface area contributed by atoms with Gasteiger partial charge in [-0.25, -0.2) is 4.98 Å². The maximum atomic E-state index is 13.4. The van der Waals surface area contributed by atoms with Gasteiger partial charge >= 0.3 is 0 Å². The third kappa shape index (κ3) is 8.92. The van der Waals surface area contributed by atoms with Crippen molar-refractivity contribution in [1.82, 2.24) is 10.3 Å². The first-order valence-corrected chi connectivity index (χ1v) is 16.6. The molecule has 0 aliphatic carbocycles. The molecular weight excluding hydrogens is 692 g/mol. The van der Waals surface area contributed by atoms with Crippen molar-refractivity contribution in [2.24, 2.45) is 0 Å². The van der Waals surface area contributed by atoms with Crippen molar-refractivity contribution in [2.45, 2.75) is 17.1 Å². The van der Waals surface area contributed by atoms with Crippen LogP contribution in [0.15, 0.2) is 124 Å². The summed E-state index contributed by atoms with van der Waals surface area (Å²) in [5.74, 6) is -1.11. The Bertz CT molecular complexity index is 1860. The molecule has 5 rings (SSSR count). The largest absolute Gasteiger partial charge is 0.321 e. The Kier molecular flexibility index (Phi) is 10.9. The number of rotatable bonds is 10. The number of hydrogen-bond donors (Lipinski definition) is 3. The summed E-state index contributed by atoms with van der Waals surface area (Å²) in [6, 6.07) is 30.6. The average Bonchev–Trinajstić information content (AvgIpc) is 3.50. The highest BCUT2D eigenvalue weighted by atomic mass is 79.9. The average molecular weight is 718 g/mol. The van der Waals surface area contributed by atoms with Crippen molar-refractivity contribution in [3.05, 3.63) is 135 Å². The molecule has 1 atom stereocenters. The van der Waals surface area contributed by atoms with Crippen molar-refractivity contribution in [2.75, 3.05) is 10.6 Å². The van der Waals surface area contributed by atoms with Gasteiger partial charge in [0.25, 0.3) is 11.8 Å². The summed E-state index contributed by atoms with van der Waals surface area (Å²) in [7, 11) is 0. The van der Waals surface area contributed by atoms with E-state index in [0.29, 0.717) is 27.1 Å².